The lowest BCUT2D eigenvalue weighted by Gasteiger charge is -2.42. The minimum atomic E-state index is -0.0120. The van der Waals surface area contributed by atoms with E-state index in [0.29, 0.717) is 18.1 Å². The van der Waals surface area contributed by atoms with Crippen molar-refractivity contribution in [2.75, 3.05) is 39.3 Å². The molecule has 3 aliphatic rings. The van der Waals surface area contributed by atoms with Crippen molar-refractivity contribution in [2.24, 2.45) is 5.92 Å². The number of amides is 2. The van der Waals surface area contributed by atoms with Gasteiger partial charge in [0.2, 0.25) is 5.91 Å². The van der Waals surface area contributed by atoms with Gasteiger partial charge in [-0.25, -0.2) is 0 Å². The molecular formula is C26H34N4O2. The Kier molecular flexibility index (Phi) is 6.39. The van der Waals surface area contributed by atoms with Gasteiger partial charge in [-0.3, -0.25) is 14.6 Å². The number of aromatic nitrogens is 1. The first-order chi connectivity index (χ1) is 15.7. The summed E-state index contributed by atoms with van der Waals surface area (Å²) in [5.41, 5.74) is 0.526. The molecule has 1 aromatic carbocycles. The number of hydrogen-bond donors (Lipinski definition) is 0. The Morgan fingerprint density at radius 1 is 0.969 bits per heavy atom. The van der Waals surface area contributed by atoms with Gasteiger partial charge in [0.15, 0.2) is 0 Å². The highest BCUT2D eigenvalue weighted by atomic mass is 16.2. The van der Waals surface area contributed by atoms with E-state index in [2.05, 4.69) is 14.8 Å². The number of piperidine rings is 1. The van der Waals surface area contributed by atoms with Gasteiger partial charge in [-0.2, -0.15) is 0 Å². The van der Waals surface area contributed by atoms with Gasteiger partial charge in [-0.1, -0.05) is 30.7 Å². The monoisotopic (exact) mass is 434 g/mol. The van der Waals surface area contributed by atoms with Crippen LogP contribution in [0.4, 0.5) is 0 Å². The molecule has 170 valence electrons. The highest BCUT2D eigenvalue weighted by molar-refractivity contribution is 6.05. The SMILES string of the molecule is O=C(c1nccc2ccccc12)N1CCCC(N(CCN2CCCC2)C(=O)C2CCC2)C1. The number of rotatable bonds is 6. The molecule has 1 atom stereocenters. The third-order valence-electron chi connectivity index (χ3n) is 7.59. The Bertz CT molecular complexity index is 962. The first-order valence-electron chi connectivity index (χ1n) is 12.4. The summed E-state index contributed by atoms with van der Waals surface area (Å²) in [4.78, 5) is 37.8. The Balaban J connectivity index is 1.32. The fourth-order valence-electron chi connectivity index (χ4n) is 5.45. The number of benzene rings is 1. The zero-order valence-corrected chi connectivity index (χ0v) is 18.9. The topological polar surface area (TPSA) is 56.8 Å². The minimum absolute atomic E-state index is 0.0120. The fraction of sp³-hybridized carbons (Fsp3) is 0.577. The van der Waals surface area contributed by atoms with Gasteiger partial charge in [0.05, 0.1) is 0 Å². The average Bonchev–Trinajstić information content (AvgIpc) is 3.31. The van der Waals surface area contributed by atoms with E-state index in [1.165, 1.54) is 19.3 Å². The highest BCUT2D eigenvalue weighted by Crippen LogP contribution is 2.30. The summed E-state index contributed by atoms with van der Waals surface area (Å²) < 4.78 is 0. The second-order valence-electron chi connectivity index (χ2n) is 9.64. The maximum atomic E-state index is 13.5. The highest BCUT2D eigenvalue weighted by Gasteiger charge is 2.36. The molecule has 2 aliphatic heterocycles. The second kappa shape index (κ2) is 9.57. The van der Waals surface area contributed by atoms with E-state index in [1.54, 1.807) is 6.20 Å². The summed E-state index contributed by atoms with van der Waals surface area (Å²) in [5, 5.41) is 1.94. The Hall–Kier alpha value is -2.47. The van der Waals surface area contributed by atoms with E-state index < -0.39 is 0 Å². The van der Waals surface area contributed by atoms with E-state index in [4.69, 9.17) is 0 Å². The number of hydrogen-bond acceptors (Lipinski definition) is 4. The van der Waals surface area contributed by atoms with Crippen molar-refractivity contribution >= 4 is 22.6 Å². The molecule has 6 heteroatoms. The van der Waals surface area contributed by atoms with Crippen LogP contribution in [0.15, 0.2) is 36.5 Å². The van der Waals surface area contributed by atoms with Crippen LogP contribution >= 0.6 is 0 Å². The van der Waals surface area contributed by atoms with Crippen LogP contribution < -0.4 is 0 Å². The van der Waals surface area contributed by atoms with Gasteiger partial charge >= 0.3 is 0 Å². The molecule has 0 radical (unpaired) electrons. The Morgan fingerprint density at radius 3 is 2.56 bits per heavy atom. The third kappa shape index (κ3) is 4.38. The quantitative estimate of drug-likeness (QED) is 0.698. The van der Waals surface area contributed by atoms with Crippen molar-refractivity contribution in [2.45, 2.75) is 51.0 Å². The molecule has 1 aliphatic carbocycles. The summed E-state index contributed by atoms with van der Waals surface area (Å²) in [6.45, 7) is 5.38. The summed E-state index contributed by atoms with van der Waals surface area (Å²) in [6.07, 6.45) is 9.37. The van der Waals surface area contributed by atoms with E-state index in [0.717, 1.165) is 69.2 Å². The number of likely N-dealkylation sites (tertiary alicyclic amines) is 2. The summed E-state index contributed by atoms with van der Waals surface area (Å²) >= 11 is 0. The van der Waals surface area contributed by atoms with E-state index in [1.807, 2.05) is 35.2 Å². The molecule has 32 heavy (non-hydrogen) atoms. The molecule has 0 bridgehead atoms. The van der Waals surface area contributed by atoms with Crippen LogP contribution in [-0.4, -0.2) is 76.8 Å². The molecule has 0 N–H and O–H groups in total. The van der Waals surface area contributed by atoms with Gasteiger partial charge in [-0.05, 0) is 63.1 Å². The van der Waals surface area contributed by atoms with Crippen LogP contribution in [0.25, 0.3) is 10.8 Å². The number of pyridine rings is 1. The lowest BCUT2D eigenvalue weighted by Crippen LogP contribution is -2.55. The standard InChI is InChI=1S/C26H34N4O2/c31-25(21-8-5-9-21)30(18-17-28-14-3-4-15-28)22-10-6-16-29(19-22)26(32)24-23-11-2-1-7-20(23)12-13-27-24/h1-2,7,11-13,21-22H,3-6,8-10,14-19H2. The van der Waals surface area contributed by atoms with Gasteiger partial charge in [0, 0.05) is 49.7 Å². The second-order valence-corrected chi connectivity index (χ2v) is 9.64. The lowest BCUT2D eigenvalue weighted by molar-refractivity contribution is -0.141. The molecule has 0 spiro atoms. The zero-order valence-electron chi connectivity index (χ0n) is 18.9. The number of carbonyl (C=O) groups excluding carboxylic acids is 2. The predicted molar refractivity (Wildman–Crippen MR) is 125 cm³/mol. The van der Waals surface area contributed by atoms with Crippen molar-refractivity contribution in [3.63, 3.8) is 0 Å². The molecule has 3 fully saturated rings. The molecule has 1 aromatic heterocycles. The van der Waals surface area contributed by atoms with Crippen molar-refractivity contribution in [3.05, 3.63) is 42.2 Å². The molecule has 1 unspecified atom stereocenters. The van der Waals surface area contributed by atoms with Crippen LogP contribution in [-0.2, 0) is 4.79 Å². The molecule has 1 saturated carbocycles. The van der Waals surface area contributed by atoms with E-state index >= 15 is 0 Å². The normalized spacial score (nSPS) is 22.1. The van der Waals surface area contributed by atoms with Crippen molar-refractivity contribution in [1.82, 2.24) is 19.7 Å². The van der Waals surface area contributed by atoms with Crippen LogP contribution in [0.2, 0.25) is 0 Å². The van der Waals surface area contributed by atoms with Crippen LogP contribution in [0.1, 0.15) is 55.4 Å². The molecule has 5 rings (SSSR count). The van der Waals surface area contributed by atoms with E-state index in [9.17, 15) is 9.59 Å². The van der Waals surface area contributed by atoms with Gasteiger partial charge < -0.3 is 14.7 Å². The van der Waals surface area contributed by atoms with Crippen molar-refractivity contribution in [3.8, 4) is 0 Å². The molecule has 2 saturated heterocycles. The van der Waals surface area contributed by atoms with Gasteiger partial charge in [-0.15, -0.1) is 0 Å². The van der Waals surface area contributed by atoms with Crippen LogP contribution in [0.5, 0.6) is 0 Å². The summed E-state index contributed by atoms with van der Waals surface area (Å²) in [6, 6.07) is 9.99. The molecule has 3 heterocycles. The van der Waals surface area contributed by atoms with E-state index in [-0.39, 0.29) is 17.9 Å². The average molecular weight is 435 g/mol. The summed E-state index contributed by atoms with van der Waals surface area (Å²) in [7, 11) is 0. The fourth-order valence-corrected chi connectivity index (χ4v) is 5.45. The third-order valence-corrected chi connectivity index (χ3v) is 7.59. The van der Waals surface area contributed by atoms with Gasteiger partial charge in [0.1, 0.15) is 5.69 Å². The number of carbonyl (C=O) groups is 2. The van der Waals surface area contributed by atoms with Crippen LogP contribution in [0.3, 0.4) is 0 Å². The Labute approximate surface area is 190 Å². The maximum absolute atomic E-state index is 13.5. The molecule has 2 amide bonds. The Morgan fingerprint density at radius 2 is 1.78 bits per heavy atom. The zero-order chi connectivity index (χ0) is 21.9. The molecule has 2 aromatic rings. The number of nitrogens with zero attached hydrogens (tertiary/aromatic N) is 4. The van der Waals surface area contributed by atoms with Crippen molar-refractivity contribution < 1.29 is 9.59 Å². The molecular weight excluding hydrogens is 400 g/mol. The predicted octanol–water partition coefficient (Wildman–Crippen LogP) is 3.56. The number of fused-ring (bicyclic) bond motifs is 1. The first kappa shape index (κ1) is 21.4. The first-order valence-corrected chi connectivity index (χ1v) is 12.4. The smallest absolute Gasteiger partial charge is 0.273 e. The van der Waals surface area contributed by atoms with Crippen molar-refractivity contribution in [1.29, 1.82) is 0 Å². The largest absolute Gasteiger partial charge is 0.336 e. The molecule has 6 nitrogen and oxygen atoms in total. The van der Waals surface area contributed by atoms with Crippen LogP contribution in [0, 0.1) is 5.92 Å². The summed E-state index contributed by atoms with van der Waals surface area (Å²) in [5.74, 6) is 0.500. The maximum Gasteiger partial charge on any atom is 0.273 e. The minimum Gasteiger partial charge on any atom is -0.336 e. The lowest BCUT2D eigenvalue weighted by atomic mass is 9.83. The van der Waals surface area contributed by atoms with Gasteiger partial charge in [0.25, 0.3) is 5.91 Å².